The molecule has 0 amide bonds. The first kappa shape index (κ1) is 13.5. The van der Waals surface area contributed by atoms with E-state index in [0.717, 1.165) is 42.3 Å². The Kier molecular flexibility index (Phi) is 4.04. The van der Waals surface area contributed by atoms with Crippen LogP contribution in [-0.2, 0) is 12.8 Å². The minimum Gasteiger partial charge on any atom is -0.395 e. The van der Waals surface area contributed by atoms with Crippen LogP contribution in [0.15, 0.2) is 18.2 Å². The van der Waals surface area contributed by atoms with Crippen molar-refractivity contribution in [3.63, 3.8) is 0 Å². The van der Waals surface area contributed by atoms with Gasteiger partial charge in [0.2, 0.25) is 0 Å². The summed E-state index contributed by atoms with van der Waals surface area (Å²) >= 11 is 0. The average Bonchev–Trinajstić information content (AvgIpc) is 3.15. The molecule has 21 heavy (non-hydrogen) atoms. The van der Waals surface area contributed by atoms with Crippen LogP contribution in [0.2, 0.25) is 0 Å². The summed E-state index contributed by atoms with van der Waals surface area (Å²) in [4.78, 5) is 7.06. The van der Waals surface area contributed by atoms with Crippen LogP contribution in [0.5, 0.6) is 0 Å². The van der Waals surface area contributed by atoms with Crippen LogP contribution in [0.25, 0.3) is 11.0 Å². The third-order valence-corrected chi connectivity index (χ3v) is 3.22. The zero-order chi connectivity index (χ0) is 14.5. The number of aromatic amines is 1. The highest BCUT2D eigenvalue weighted by atomic mass is 16.7. The molecule has 3 aromatic rings. The molecule has 0 saturated carbocycles. The van der Waals surface area contributed by atoms with Gasteiger partial charge in [0.25, 0.3) is 0 Å². The molecule has 2 aromatic heterocycles. The third-order valence-electron chi connectivity index (χ3n) is 3.22. The van der Waals surface area contributed by atoms with E-state index in [1.54, 1.807) is 0 Å². The maximum atomic E-state index is 5.57. The number of hydrogen-bond donors (Lipinski definition) is 1. The first-order valence-electron chi connectivity index (χ1n) is 7.07. The van der Waals surface area contributed by atoms with Crippen molar-refractivity contribution in [2.45, 2.75) is 32.6 Å². The van der Waals surface area contributed by atoms with E-state index in [1.165, 1.54) is 4.85 Å². The SMILES string of the molecule is CCCCOn1nnc2cc(CCc3nn[nH]n3)ccc21. The molecule has 3 rings (SSSR count). The fourth-order valence-corrected chi connectivity index (χ4v) is 2.04. The summed E-state index contributed by atoms with van der Waals surface area (Å²) in [6.45, 7) is 2.77. The molecular weight excluding hydrogens is 270 g/mol. The van der Waals surface area contributed by atoms with E-state index >= 15 is 0 Å². The molecule has 0 saturated heterocycles. The molecule has 8 nitrogen and oxygen atoms in total. The lowest BCUT2D eigenvalue weighted by Gasteiger charge is -2.04. The van der Waals surface area contributed by atoms with E-state index in [1.807, 2.05) is 18.2 Å². The molecule has 0 bridgehead atoms. The lowest BCUT2D eigenvalue weighted by Crippen LogP contribution is -2.14. The lowest BCUT2D eigenvalue weighted by molar-refractivity contribution is 0.0853. The van der Waals surface area contributed by atoms with Crippen molar-refractivity contribution >= 4 is 11.0 Å². The van der Waals surface area contributed by atoms with Crippen molar-refractivity contribution in [3.05, 3.63) is 29.6 Å². The number of fused-ring (bicyclic) bond motifs is 1. The monoisotopic (exact) mass is 287 g/mol. The normalized spacial score (nSPS) is 11.1. The van der Waals surface area contributed by atoms with Crippen molar-refractivity contribution in [2.24, 2.45) is 0 Å². The smallest absolute Gasteiger partial charge is 0.174 e. The second kappa shape index (κ2) is 6.29. The van der Waals surface area contributed by atoms with Gasteiger partial charge in [-0.3, -0.25) is 0 Å². The highest BCUT2D eigenvalue weighted by molar-refractivity contribution is 5.74. The van der Waals surface area contributed by atoms with Gasteiger partial charge in [0, 0.05) is 6.42 Å². The predicted molar refractivity (Wildman–Crippen MR) is 75.5 cm³/mol. The van der Waals surface area contributed by atoms with Crippen LogP contribution in [0.1, 0.15) is 31.2 Å². The Hall–Kier alpha value is -2.51. The minimum absolute atomic E-state index is 0.647. The first-order valence-corrected chi connectivity index (χ1v) is 7.07. The maximum Gasteiger partial charge on any atom is 0.174 e. The van der Waals surface area contributed by atoms with Gasteiger partial charge in [-0.1, -0.05) is 29.5 Å². The first-order chi connectivity index (χ1) is 10.4. The minimum atomic E-state index is 0.647. The molecule has 0 aliphatic rings. The highest BCUT2D eigenvalue weighted by Gasteiger charge is 2.07. The fraction of sp³-hybridized carbons (Fsp3) is 0.462. The summed E-state index contributed by atoms with van der Waals surface area (Å²) in [7, 11) is 0. The predicted octanol–water partition coefficient (Wildman–Crippen LogP) is 0.958. The van der Waals surface area contributed by atoms with E-state index < -0.39 is 0 Å². The Labute approximate surface area is 121 Å². The Morgan fingerprint density at radius 3 is 3.00 bits per heavy atom. The standard InChI is InChI=1S/C13H17N7O/c1-2-3-8-21-20-12-6-4-10(9-11(12)14-19-20)5-7-13-15-17-18-16-13/h4,6,9H,2-3,5,7-8H2,1H3,(H,15,16,17,18). The summed E-state index contributed by atoms with van der Waals surface area (Å²) in [5.74, 6) is 0.710. The summed E-state index contributed by atoms with van der Waals surface area (Å²) in [5.41, 5.74) is 2.87. The van der Waals surface area contributed by atoms with Crippen molar-refractivity contribution in [1.29, 1.82) is 0 Å². The zero-order valence-electron chi connectivity index (χ0n) is 11.9. The summed E-state index contributed by atoms with van der Waals surface area (Å²) < 4.78 is 0. The summed E-state index contributed by atoms with van der Waals surface area (Å²) in [5, 5.41) is 22.0. The van der Waals surface area contributed by atoms with Crippen LogP contribution in [-0.4, -0.2) is 42.4 Å². The molecule has 0 aliphatic heterocycles. The van der Waals surface area contributed by atoms with Crippen LogP contribution in [0, 0.1) is 0 Å². The number of nitrogens with one attached hydrogen (secondary N) is 1. The fourth-order valence-electron chi connectivity index (χ4n) is 2.04. The number of nitrogens with zero attached hydrogens (tertiary/aromatic N) is 6. The van der Waals surface area contributed by atoms with Gasteiger partial charge in [-0.05, 0) is 35.8 Å². The number of rotatable bonds is 7. The molecule has 0 atom stereocenters. The number of benzene rings is 1. The van der Waals surface area contributed by atoms with E-state index in [0.29, 0.717) is 12.4 Å². The van der Waals surface area contributed by atoms with Crippen LogP contribution in [0.3, 0.4) is 0 Å². The largest absolute Gasteiger partial charge is 0.395 e. The maximum absolute atomic E-state index is 5.57. The van der Waals surface area contributed by atoms with Crippen molar-refractivity contribution in [2.75, 3.05) is 6.61 Å². The quantitative estimate of drug-likeness (QED) is 0.650. The number of aryl methyl sites for hydroxylation is 2. The van der Waals surface area contributed by atoms with Crippen LogP contribution < -0.4 is 4.84 Å². The topological polar surface area (TPSA) is 94.4 Å². The zero-order valence-corrected chi connectivity index (χ0v) is 11.9. The lowest BCUT2D eigenvalue weighted by atomic mass is 10.1. The molecule has 110 valence electrons. The van der Waals surface area contributed by atoms with E-state index in [2.05, 4.69) is 37.9 Å². The molecule has 0 unspecified atom stereocenters. The van der Waals surface area contributed by atoms with E-state index in [-0.39, 0.29) is 0 Å². The van der Waals surface area contributed by atoms with Crippen molar-refractivity contribution in [3.8, 4) is 0 Å². The molecule has 1 N–H and O–H groups in total. The van der Waals surface area contributed by atoms with Crippen molar-refractivity contribution < 1.29 is 4.84 Å². The van der Waals surface area contributed by atoms with Crippen molar-refractivity contribution in [1.82, 2.24) is 35.8 Å². The van der Waals surface area contributed by atoms with Crippen LogP contribution >= 0.6 is 0 Å². The second-order valence-corrected chi connectivity index (χ2v) is 4.80. The summed E-state index contributed by atoms with van der Waals surface area (Å²) in [6.07, 6.45) is 3.67. The van der Waals surface area contributed by atoms with Gasteiger partial charge in [-0.25, -0.2) is 0 Å². The number of aromatic nitrogens is 7. The van der Waals surface area contributed by atoms with Gasteiger partial charge >= 0.3 is 0 Å². The van der Waals surface area contributed by atoms with Gasteiger partial charge < -0.3 is 4.84 Å². The number of hydrogen-bond acceptors (Lipinski definition) is 6. The van der Waals surface area contributed by atoms with Gasteiger partial charge in [0.1, 0.15) is 17.6 Å². The Morgan fingerprint density at radius 2 is 2.19 bits per heavy atom. The number of unbranched alkanes of at least 4 members (excludes halogenated alkanes) is 1. The van der Waals surface area contributed by atoms with Gasteiger partial charge in [-0.2, -0.15) is 5.21 Å². The average molecular weight is 287 g/mol. The molecule has 0 spiro atoms. The molecule has 0 fully saturated rings. The molecule has 1 aromatic carbocycles. The van der Waals surface area contributed by atoms with Gasteiger partial charge in [-0.15, -0.1) is 15.3 Å². The number of tetrazole rings is 1. The van der Waals surface area contributed by atoms with Gasteiger partial charge in [0.15, 0.2) is 5.82 Å². The second-order valence-electron chi connectivity index (χ2n) is 4.80. The Bertz CT molecular complexity index is 692. The number of H-pyrrole nitrogens is 1. The van der Waals surface area contributed by atoms with E-state index in [4.69, 9.17) is 4.84 Å². The Morgan fingerprint density at radius 1 is 1.24 bits per heavy atom. The van der Waals surface area contributed by atoms with Gasteiger partial charge in [0.05, 0.1) is 0 Å². The molecule has 2 heterocycles. The third kappa shape index (κ3) is 3.15. The summed E-state index contributed by atoms with van der Waals surface area (Å²) in [6, 6.07) is 6.04. The van der Waals surface area contributed by atoms with Crippen LogP contribution in [0.4, 0.5) is 0 Å². The Balaban J connectivity index is 1.69. The molecule has 0 aliphatic carbocycles. The molecule has 0 radical (unpaired) electrons. The van der Waals surface area contributed by atoms with E-state index in [9.17, 15) is 0 Å². The molecular formula is C13H17N7O. The molecule has 8 heteroatoms. The highest BCUT2D eigenvalue weighted by Crippen LogP contribution is 2.14.